The number of carbonyl (C=O) groups is 1. The van der Waals surface area contributed by atoms with Gasteiger partial charge in [-0.05, 0) is 31.2 Å². The number of rotatable bonds is 4. The Morgan fingerprint density at radius 3 is 2.48 bits per heavy atom. The first-order valence-corrected chi connectivity index (χ1v) is 9.06. The van der Waals surface area contributed by atoms with Gasteiger partial charge in [-0.1, -0.05) is 49.6 Å². The lowest BCUT2D eigenvalue weighted by Crippen LogP contribution is -2.52. The quantitative estimate of drug-likeness (QED) is 0.777. The summed E-state index contributed by atoms with van der Waals surface area (Å²) in [4.78, 5) is 15.1. The minimum absolute atomic E-state index is 0.239. The standard InChI is InChI=1S/C21H27NO/c1-2-3-5-13-21(23)18-14-19-11-8-12-20(15-18)22(19)16-17-9-6-4-7-10-17/h4,6-7,9-10,18-20H,2,8,11-16H2,1H3. The number of hydrogen-bond donors (Lipinski definition) is 0. The van der Waals surface area contributed by atoms with Crippen molar-refractivity contribution >= 4 is 5.78 Å². The van der Waals surface area contributed by atoms with Gasteiger partial charge in [0.15, 0.2) is 0 Å². The second-order valence-corrected chi connectivity index (χ2v) is 6.92. The van der Waals surface area contributed by atoms with Crippen molar-refractivity contribution in [1.82, 2.24) is 4.90 Å². The highest BCUT2D eigenvalue weighted by molar-refractivity contribution is 5.83. The molecule has 0 amide bonds. The van der Waals surface area contributed by atoms with E-state index in [-0.39, 0.29) is 5.92 Å². The van der Waals surface area contributed by atoms with Crippen LogP contribution in [-0.2, 0) is 11.3 Å². The smallest absolute Gasteiger partial charge is 0.147 e. The Bertz CT molecular complexity index is 569. The van der Waals surface area contributed by atoms with Crippen LogP contribution >= 0.6 is 0 Å². The number of ketones is 1. The minimum atomic E-state index is 0.239. The molecule has 2 aliphatic rings. The largest absolute Gasteiger partial charge is 0.298 e. The molecule has 2 atom stereocenters. The molecule has 2 nitrogen and oxygen atoms in total. The van der Waals surface area contributed by atoms with Crippen molar-refractivity contribution in [3.8, 4) is 11.8 Å². The lowest BCUT2D eigenvalue weighted by Gasteiger charge is -2.48. The molecule has 1 aromatic rings. The van der Waals surface area contributed by atoms with Crippen molar-refractivity contribution in [3.63, 3.8) is 0 Å². The average molecular weight is 309 g/mol. The molecule has 0 radical (unpaired) electrons. The minimum Gasteiger partial charge on any atom is -0.298 e. The Hall–Kier alpha value is -1.59. The molecule has 0 N–H and O–H groups in total. The molecule has 2 bridgehead atoms. The van der Waals surface area contributed by atoms with E-state index in [4.69, 9.17) is 0 Å². The lowest BCUT2D eigenvalue weighted by atomic mass is 9.76. The fourth-order valence-corrected chi connectivity index (χ4v) is 4.21. The van der Waals surface area contributed by atoms with Gasteiger partial charge in [0.1, 0.15) is 5.78 Å². The summed E-state index contributed by atoms with van der Waals surface area (Å²) in [5.41, 5.74) is 1.39. The zero-order valence-corrected chi connectivity index (χ0v) is 14.1. The fourth-order valence-electron chi connectivity index (χ4n) is 4.21. The lowest BCUT2D eigenvalue weighted by molar-refractivity contribution is -0.126. The average Bonchev–Trinajstić information content (AvgIpc) is 2.55. The van der Waals surface area contributed by atoms with Crippen LogP contribution in [0.25, 0.3) is 0 Å². The highest BCUT2D eigenvalue weighted by Crippen LogP contribution is 2.38. The molecule has 2 aliphatic heterocycles. The van der Waals surface area contributed by atoms with Crippen LogP contribution in [0.5, 0.6) is 0 Å². The molecule has 2 fully saturated rings. The Morgan fingerprint density at radius 2 is 1.83 bits per heavy atom. The van der Waals surface area contributed by atoms with Crippen LogP contribution < -0.4 is 0 Å². The summed E-state index contributed by atoms with van der Waals surface area (Å²) in [7, 11) is 0. The highest BCUT2D eigenvalue weighted by atomic mass is 16.1. The Morgan fingerprint density at radius 1 is 1.13 bits per heavy atom. The molecule has 0 aromatic heterocycles. The topological polar surface area (TPSA) is 20.3 Å². The van der Waals surface area contributed by atoms with Gasteiger partial charge in [0.05, 0.1) is 6.42 Å². The predicted molar refractivity (Wildman–Crippen MR) is 93.8 cm³/mol. The van der Waals surface area contributed by atoms with E-state index in [1.165, 1.54) is 24.8 Å². The predicted octanol–water partition coefficient (Wildman–Crippen LogP) is 4.19. The number of carbonyl (C=O) groups excluding carboxylic acids is 1. The first-order valence-electron chi connectivity index (χ1n) is 9.06. The van der Waals surface area contributed by atoms with Crippen LogP contribution in [0.15, 0.2) is 30.3 Å². The van der Waals surface area contributed by atoms with Gasteiger partial charge < -0.3 is 0 Å². The molecular weight excluding hydrogens is 282 g/mol. The van der Waals surface area contributed by atoms with Crippen molar-refractivity contribution in [1.29, 1.82) is 0 Å². The number of benzene rings is 1. The molecule has 1 aromatic carbocycles. The van der Waals surface area contributed by atoms with Gasteiger partial charge in [-0.15, -0.1) is 5.92 Å². The number of nitrogens with zero attached hydrogens (tertiary/aromatic N) is 1. The summed E-state index contributed by atoms with van der Waals surface area (Å²) < 4.78 is 0. The summed E-state index contributed by atoms with van der Waals surface area (Å²) in [5.74, 6) is 6.68. The van der Waals surface area contributed by atoms with E-state index in [0.717, 1.165) is 25.8 Å². The second kappa shape index (κ2) is 7.79. The fraction of sp³-hybridized carbons (Fsp3) is 0.571. The van der Waals surface area contributed by atoms with E-state index in [1.54, 1.807) is 0 Å². The van der Waals surface area contributed by atoms with Crippen LogP contribution in [0.3, 0.4) is 0 Å². The normalized spacial score (nSPS) is 27.1. The van der Waals surface area contributed by atoms with E-state index in [0.29, 0.717) is 24.3 Å². The maximum absolute atomic E-state index is 12.4. The number of Topliss-reactive ketones (excluding diaryl/α,β-unsaturated/α-hetero) is 1. The first-order chi connectivity index (χ1) is 11.3. The third-order valence-electron chi connectivity index (χ3n) is 5.35. The van der Waals surface area contributed by atoms with E-state index < -0.39 is 0 Å². The number of piperidine rings is 2. The molecular formula is C21H27NO. The Labute approximate surface area is 140 Å². The molecule has 2 heteroatoms. The van der Waals surface area contributed by atoms with Gasteiger partial charge in [0, 0.05) is 31.0 Å². The van der Waals surface area contributed by atoms with Gasteiger partial charge >= 0.3 is 0 Å². The summed E-state index contributed by atoms with van der Waals surface area (Å²) in [6.07, 6.45) is 7.18. The summed E-state index contributed by atoms with van der Waals surface area (Å²) in [5, 5.41) is 0. The number of hydrogen-bond acceptors (Lipinski definition) is 2. The molecule has 122 valence electrons. The van der Waals surface area contributed by atoms with E-state index in [1.807, 2.05) is 6.92 Å². The van der Waals surface area contributed by atoms with Crippen LogP contribution in [0.4, 0.5) is 0 Å². The van der Waals surface area contributed by atoms with Crippen LogP contribution in [-0.4, -0.2) is 22.8 Å². The molecule has 3 rings (SSSR count). The SMILES string of the molecule is CCC#CCC(=O)C1CC2CCCC(C1)N2Cc1ccccc1. The van der Waals surface area contributed by atoms with Gasteiger partial charge in [-0.3, -0.25) is 9.69 Å². The molecule has 0 aliphatic carbocycles. The maximum atomic E-state index is 12.4. The summed E-state index contributed by atoms with van der Waals surface area (Å²) >= 11 is 0. The first kappa shape index (κ1) is 16.3. The van der Waals surface area contributed by atoms with Crippen LogP contribution in [0, 0.1) is 17.8 Å². The molecule has 2 heterocycles. The zero-order chi connectivity index (χ0) is 16.1. The van der Waals surface area contributed by atoms with Gasteiger partial charge in [-0.2, -0.15) is 0 Å². The van der Waals surface area contributed by atoms with Gasteiger partial charge in [0.2, 0.25) is 0 Å². The van der Waals surface area contributed by atoms with Crippen LogP contribution in [0.1, 0.15) is 57.4 Å². The molecule has 2 unspecified atom stereocenters. The van der Waals surface area contributed by atoms with Crippen molar-refractivity contribution in [3.05, 3.63) is 35.9 Å². The van der Waals surface area contributed by atoms with Gasteiger partial charge in [-0.25, -0.2) is 0 Å². The molecule has 23 heavy (non-hydrogen) atoms. The third-order valence-corrected chi connectivity index (χ3v) is 5.35. The van der Waals surface area contributed by atoms with E-state index in [2.05, 4.69) is 47.1 Å². The second-order valence-electron chi connectivity index (χ2n) is 6.92. The monoisotopic (exact) mass is 309 g/mol. The molecule has 2 saturated heterocycles. The van der Waals surface area contributed by atoms with Crippen molar-refractivity contribution < 1.29 is 4.79 Å². The zero-order valence-electron chi connectivity index (χ0n) is 14.1. The van der Waals surface area contributed by atoms with Crippen LogP contribution in [0.2, 0.25) is 0 Å². The number of fused-ring (bicyclic) bond motifs is 2. The van der Waals surface area contributed by atoms with E-state index in [9.17, 15) is 4.79 Å². The van der Waals surface area contributed by atoms with Crippen molar-refractivity contribution in [2.45, 2.75) is 70.5 Å². The third kappa shape index (κ3) is 4.03. The molecule has 0 spiro atoms. The Balaban J connectivity index is 1.65. The van der Waals surface area contributed by atoms with E-state index >= 15 is 0 Å². The molecule has 0 saturated carbocycles. The Kier molecular flexibility index (Phi) is 5.51. The van der Waals surface area contributed by atoms with Crippen molar-refractivity contribution in [2.24, 2.45) is 5.92 Å². The van der Waals surface area contributed by atoms with Crippen molar-refractivity contribution in [2.75, 3.05) is 0 Å². The summed E-state index contributed by atoms with van der Waals surface area (Å²) in [6.45, 7) is 3.07. The highest BCUT2D eigenvalue weighted by Gasteiger charge is 2.39. The van der Waals surface area contributed by atoms with Gasteiger partial charge in [0.25, 0.3) is 0 Å². The maximum Gasteiger partial charge on any atom is 0.147 e. The summed E-state index contributed by atoms with van der Waals surface area (Å²) in [6, 6.07) is 11.9.